The number of hydrogen-bond donors (Lipinski definition) is 1. The normalized spacial score (nSPS) is 15.3. The zero-order valence-corrected chi connectivity index (χ0v) is 8.50. The topological polar surface area (TPSA) is 29.5 Å². The Labute approximate surface area is 75.2 Å². The average Bonchev–Trinajstić information content (AvgIpc) is 2.00. The highest BCUT2D eigenvalue weighted by molar-refractivity contribution is 4.99. The molecule has 0 aromatic rings. The standard InChI is InChI=1S/C10H20O2/c1-8(2)10(12-4)7-9(3)5-6-11/h5,8,10-11H,6-7H2,1-4H3/b9-5-. The van der Waals surface area contributed by atoms with Gasteiger partial charge >= 0.3 is 0 Å². The third-order valence-corrected chi connectivity index (χ3v) is 2.01. The lowest BCUT2D eigenvalue weighted by Crippen LogP contribution is -2.18. The molecule has 2 nitrogen and oxygen atoms in total. The van der Waals surface area contributed by atoms with Crippen LogP contribution in [0.25, 0.3) is 0 Å². The molecule has 0 fully saturated rings. The van der Waals surface area contributed by atoms with Crippen LogP contribution in [0.15, 0.2) is 11.6 Å². The van der Waals surface area contributed by atoms with Crippen molar-refractivity contribution >= 4 is 0 Å². The monoisotopic (exact) mass is 172 g/mol. The third-order valence-electron chi connectivity index (χ3n) is 2.01. The Kier molecular flexibility index (Phi) is 6.03. The van der Waals surface area contributed by atoms with E-state index in [-0.39, 0.29) is 12.7 Å². The Bertz CT molecular complexity index is 139. The Morgan fingerprint density at radius 3 is 2.42 bits per heavy atom. The molecule has 0 heterocycles. The lowest BCUT2D eigenvalue weighted by Gasteiger charge is -2.19. The molecule has 0 aliphatic carbocycles. The maximum atomic E-state index is 8.64. The third kappa shape index (κ3) is 4.52. The van der Waals surface area contributed by atoms with Crippen molar-refractivity contribution < 1.29 is 9.84 Å². The van der Waals surface area contributed by atoms with Gasteiger partial charge in [0.2, 0.25) is 0 Å². The van der Waals surface area contributed by atoms with Gasteiger partial charge in [-0.1, -0.05) is 25.5 Å². The number of aliphatic hydroxyl groups excluding tert-OH is 1. The molecule has 0 bridgehead atoms. The largest absolute Gasteiger partial charge is 0.392 e. The van der Waals surface area contributed by atoms with Crippen LogP contribution >= 0.6 is 0 Å². The zero-order chi connectivity index (χ0) is 9.56. The van der Waals surface area contributed by atoms with Crippen molar-refractivity contribution in [2.45, 2.75) is 33.3 Å². The number of aliphatic hydroxyl groups is 1. The van der Waals surface area contributed by atoms with E-state index in [1.54, 1.807) is 7.11 Å². The quantitative estimate of drug-likeness (QED) is 0.643. The molecule has 0 aromatic heterocycles. The summed E-state index contributed by atoms with van der Waals surface area (Å²) in [6.07, 6.45) is 3.01. The molecule has 1 atom stereocenters. The fourth-order valence-electron chi connectivity index (χ4n) is 1.15. The van der Waals surface area contributed by atoms with E-state index in [0.717, 1.165) is 6.42 Å². The highest BCUT2D eigenvalue weighted by Crippen LogP contribution is 2.14. The molecular weight excluding hydrogens is 152 g/mol. The van der Waals surface area contributed by atoms with Gasteiger partial charge in [0, 0.05) is 7.11 Å². The second-order valence-corrected chi connectivity index (χ2v) is 3.46. The summed E-state index contributed by atoms with van der Waals surface area (Å²) in [5.41, 5.74) is 1.19. The molecule has 1 N–H and O–H groups in total. The first-order chi connectivity index (χ1) is 5.61. The molecule has 2 heteroatoms. The molecular formula is C10H20O2. The van der Waals surface area contributed by atoms with Crippen molar-refractivity contribution in [1.82, 2.24) is 0 Å². The number of ether oxygens (including phenoxy) is 1. The van der Waals surface area contributed by atoms with E-state index < -0.39 is 0 Å². The zero-order valence-electron chi connectivity index (χ0n) is 8.50. The molecule has 0 radical (unpaired) electrons. The summed E-state index contributed by atoms with van der Waals surface area (Å²) in [6, 6.07) is 0. The lowest BCUT2D eigenvalue weighted by molar-refractivity contribution is 0.0653. The van der Waals surface area contributed by atoms with Gasteiger partial charge in [-0.3, -0.25) is 0 Å². The van der Waals surface area contributed by atoms with Crippen molar-refractivity contribution in [3.63, 3.8) is 0 Å². The molecule has 12 heavy (non-hydrogen) atoms. The van der Waals surface area contributed by atoms with E-state index in [0.29, 0.717) is 5.92 Å². The molecule has 0 saturated heterocycles. The average molecular weight is 172 g/mol. The van der Waals surface area contributed by atoms with Crippen LogP contribution in [0.3, 0.4) is 0 Å². The van der Waals surface area contributed by atoms with Crippen LogP contribution in [0.2, 0.25) is 0 Å². The number of hydrogen-bond acceptors (Lipinski definition) is 2. The van der Waals surface area contributed by atoms with Crippen molar-refractivity contribution in [1.29, 1.82) is 0 Å². The van der Waals surface area contributed by atoms with Gasteiger partial charge in [-0.25, -0.2) is 0 Å². The van der Waals surface area contributed by atoms with Gasteiger partial charge in [0.1, 0.15) is 0 Å². The summed E-state index contributed by atoms with van der Waals surface area (Å²) in [5.74, 6) is 0.525. The second-order valence-electron chi connectivity index (χ2n) is 3.46. The smallest absolute Gasteiger partial charge is 0.0631 e. The summed E-state index contributed by atoms with van der Waals surface area (Å²) in [7, 11) is 1.73. The summed E-state index contributed by atoms with van der Waals surface area (Å²) in [5, 5.41) is 8.64. The minimum atomic E-state index is 0.125. The molecule has 1 unspecified atom stereocenters. The van der Waals surface area contributed by atoms with E-state index in [2.05, 4.69) is 13.8 Å². The SMILES string of the molecule is COC(C/C(C)=C\CO)C(C)C. The summed E-state index contributed by atoms with van der Waals surface area (Å²) < 4.78 is 5.31. The van der Waals surface area contributed by atoms with Gasteiger partial charge in [0.25, 0.3) is 0 Å². The van der Waals surface area contributed by atoms with Crippen LogP contribution in [0.4, 0.5) is 0 Å². The first kappa shape index (κ1) is 11.7. The highest BCUT2D eigenvalue weighted by atomic mass is 16.5. The van der Waals surface area contributed by atoms with Crippen molar-refractivity contribution in [3.05, 3.63) is 11.6 Å². The molecule has 0 spiro atoms. The molecule has 72 valence electrons. The predicted molar refractivity (Wildman–Crippen MR) is 51.1 cm³/mol. The molecule has 0 aliphatic heterocycles. The van der Waals surface area contributed by atoms with E-state index in [4.69, 9.17) is 9.84 Å². The van der Waals surface area contributed by atoms with Crippen LogP contribution in [-0.2, 0) is 4.74 Å². The molecule has 0 aromatic carbocycles. The van der Waals surface area contributed by atoms with Gasteiger partial charge in [-0.05, 0) is 19.3 Å². The summed E-state index contributed by atoms with van der Waals surface area (Å²) in [4.78, 5) is 0. The highest BCUT2D eigenvalue weighted by Gasteiger charge is 2.11. The number of methoxy groups -OCH3 is 1. The Balaban J connectivity index is 3.93. The maximum absolute atomic E-state index is 8.64. The van der Waals surface area contributed by atoms with Crippen molar-refractivity contribution in [2.24, 2.45) is 5.92 Å². The van der Waals surface area contributed by atoms with Crippen molar-refractivity contribution in [3.8, 4) is 0 Å². The summed E-state index contributed by atoms with van der Waals surface area (Å²) in [6.45, 7) is 6.42. The minimum Gasteiger partial charge on any atom is -0.392 e. The second kappa shape index (κ2) is 6.21. The van der Waals surface area contributed by atoms with E-state index >= 15 is 0 Å². The Morgan fingerprint density at radius 2 is 2.08 bits per heavy atom. The van der Waals surface area contributed by atoms with Gasteiger partial charge in [0.05, 0.1) is 12.7 Å². The van der Waals surface area contributed by atoms with Crippen LogP contribution in [-0.4, -0.2) is 24.9 Å². The maximum Gasteiger partial charge on any atom is 0.0631 e. The minimum absolute atomic E-state index is 0.125. The van der Waals surface area contributed by atoms with Crippen LogP contribution < -0.4 is 0 Å². The molecule has 0 saturated carbocycles. The fourth-order valence-corrected chi connectivity index (χ4v) is 1.15. The van der Waals surface area contributed by atoms with Crippen molar-refractivity contribution in [2.75, 3.05) is 13.7 Å². The Morgan fingerprint density at radius 1 is 1.50 bits per heavy atom. The van der Waals surface area contributed by atoms with Gasteiger partial charge in [-0.15, -0.1) is 0 Å². The van der Waals surface area contributed by atoms with Gasteiger partial charge in [-0.2, -0.15) is 0 Å². The van der Waals surface area contributed by atoms with E-state index in [9.17, 15) is 0 Å². The van der Waals surface area contributed by atoms with Crippen LogP contribution in [0, 0.1) is 5.92 Å². The molecule has 0 aliphatic rings. The van der Waals surface area contributed by atoms with Gasteiger partial charge < -0.3 is 9.84 Å². The first-order valence-corrected chi connectivity index (χ1v) is 4.41. The number of rotatable bonds is 5. The lowest BCUT2D eigenvalue weighted by atomic mass is 10.00. The predicted octanol–water partition coefficient (Wildman–Crippen LogP) is 1.99. The van der Waals surface area contributed by atoms with E-state index in [1.807, 2.05) is 13.0 Å². The first-order valence-electron chi connectivity index (χ1n) is 4.41. The van der Waals surface area contributed by atoms with Gasteiger partial charge in [0.15, 0.2) is 0 Å². The fraction of sp³-hybridized carbons (Fsp3) is 0.800. The summed E-state index contributed by atoms with van der Waals surface area (Å²) >= 11 is 0. The Hall–Kier alpha value is -0.340. The van der Waals surface area contributed by atoms with Crippen LogP contribution in [0.1, 0.15) is 27.2 Å². The van der Waals surface area contributed by atoms with E-state index in [1.165, 1.54) is 5.57 Å². The molecule has 0 amide bonds. The molecule has 0 rings (SSSR count). The van der Waals surface area contributed by atoms with Crippen LogP contribution in [0.5, 0.6) is 0 Å².